The Kier molecular flexibility index (Phi) is 20.2. The molecule has 14 aliphatic rings. The molecule has 14 aliphatic heterocycles. The lowest BCUT2D eigenvalue weighted by molar-refractivity contribution is -0.227. The maximum absolute atomic E-state index is 11.4. The second-order valence-corrected chi connectivity index (χ2v) is 34.3. The summed E-state index contributed by atoms with van der Waals surface area (Å²) in [6, 6.07) is 4.65. The van der Waals surface area contributed by atoms with Gasteiger partial charge in [-0.15, -0.1) is 0 Å². The first-order valence-corrected chi connectivity index (χ1v) is 34.5. The lowest BCUT2D eigenvalue weighted by atomic mass is 9.77. The topological polar surface area (TPSA) is 137 Å². The molecule has 0 aliphatic carbocycles. The van der Waals surface area contributed by atoms with Crippen molar-refractivity contribution in [3.8, 4) is 0 Å². The van der Waals surface area contributed by atoms with Crippen molar-refractivity contribution in [3.63, 3.8) is 0 Å². The third-order valence-corrected chi connectivity index (χ3v) is 25.4. The van der Waals surface area contributed by atoms with E-state index in [4.69, 9.17) is 23.7 Å². The molecule has 1 atom stereocenters. The second-order valence-electron chi connectivity index (χ2n) is 29.8. The Balaban J connectivity index is 0.000000120. The lowest BCUT2D eigenvalue weighted by Gasteiger charge is -2.56. The summed E-state index contributed by atoms with van der Waals surface area (Å²) in [5.41, 5.74) is 2.79. The summed E-state index contributed by atoms with van der Waals surface area (Å²) in [5, 5.41) is 0. The van der Waals surface area contributed by atoms with Crippen LogP contribution in [0.4, 0.5) is 0 Å². The summed E-state index contributed by atoms with van der Waals surface area (Å²) < 4.78 is 71.1. The Morgan fingerprint density at radius 3 is 0.974 bits per heavy atom. The summed E-state index contributed by atoms with van der Waals surface area (Å²) >= 11 is 0. The Morgan fingerprint density at radius 2 is 0.679 bits per heavy atom. The minimum atomic E-state index is -2.69. The van der Waals surface area contributed by atoms with Gasteiger partial charge in [0.2, 0.25) is 0 Å². The van der Waals surface area contributed by atoms with Gasteiger partial charge >= 0.3 is 0 Å². The van der Waals surface area contributed by atoms with Gasteiger partial charge in [0, 0.05) is 168 Å². The number of hydrogen-bond acceptors (Lipinski definition) is 16. The molecule has 0 saturated carbocycles. The van der Waals surface area contributed by atoms with Crippen molar-refractivity contribution in [2.75, 3.05) is 168 Å². The number of hydrogen-bond donors (Lipinski definition) is 0. The maximum atomic E-state index is 11.4. The van der Waals surface area contributed by atoms with E-state index in [1.54, 1.807) is 0 Å². The minimum absolute atomic E-state index is 0.170. The van der Waals surface area contributed by atoms with E-state index in [-0.39, 0.29) is 10.2 Å². The van der Waals surface area contributed by atoms with Crippen molar-refractivity contribution in [2.45, 2.75) is 188 Å². The summed E-state index contributed by atoms with van der Waals surface area (Å²) in [7, 11) is -5.32. The van der Waals surface area contributed by atoms with Crippen LogP contribution in [0.2, 0.25) is 0 Å². The smallest absolute Gasteiger partial charge is 0.158 e. The molecule has 0 bridgehead atoms. The van der Waals surface area contributed by atoms with Gasteiger partial charge in [0.15, 0.2) is 19.7 Å². The van der Waals surface area contributed by atoms with Crippen LogP contribution in [0.5, 0.6) is 0 Å². The van der Waals surface area contributed by atoms with Crippen molar-refractivity contribution in [3.05, 3.63) is 0 Å². The Bertz CT molecular complexity index is 2080. The molecule has 7 spiro atoms. The predicted molar refractivity (Wildman–Crippen MR) is 314 cm³/mol. The zero-order chi connectivity index (χ0) is 56.7. The monoisotopic (exact) mass is 1140 g/mol. The standard InChI is InChI=1S/C10H19NO.2C9H17NO.2C8H15NO2S.2C8H15NO/c1-9(2)11-5-3-10(7-11)4-6-12-8-10;1-8(2)10-5-9(6-10)3-4-11-7-9;1-8(2)10-4-3-9(5-10)6-11-7-9;1-7(2)9-3-8(4-9)5-12(10,11)6-8;1-7(2)9-5-8(6-9)3-4-12(8,10)11;1-7(2)9-3-8(4-9)5-10-6-8;1-7(2)9-5-8(6-9)3-4-10-8/h9H,3-8H2,1-2H3;2*8H,3-7H2,1-2H3;2*7H,3-6H2,1-2H3;2*7H,3-6H2,1-2H3. The highest BCUT2D eigenvalue weighted by atomic mass is 32.2. The predicted octanol–water partition coefficient (Wildman–Crippen LogP) is 5.73. The average Bonchev–Trinajstić information content (AvgIpc) is 4.07. The molecule has 14 heterocycles. The first-order valence-electron chi connectivity index (χ1n) is 31.0. The average molecular weight is 1140 g/mol. The van der Waals surface area contributed by atoms with Crippen LogP contribution in [0.15, 0.2) is 0 Å². The van der Waals surface area contributed by atoms with Crippen molar-refractivity contribution < 1.29 is 40.5 Å². The number of likely N-dealkylation sites (tertiary alicyclic amines) is 7. The lowest BCUT2D eigenvalue weighted by Crippen LogP contribution is -2.72. The molecule has 0 amide bonds. The molecule has 16 nitrogen and oxygen atoms in total. The van der Waals surface area contributed by atoms with E-state index in [0.717, 1.165) is 110 Å². The first-order chi connectivity index (χ1) is 36.5. The summed E-state index contributed by atoms with van der Waals surface area (Å²) in [6.45, 7) is 56.2. The van der Waals surface area contributed by atoms with E-state index in [0.29, 0.717) is 68.7 Å². The van der Waals surface area contributed by atoms with Gasteiger partial charge in [0.05, 0.1) is 73.9 Å². The fourth-order valence-electron chi connectivity index (χ4n) is 14.2. The fourth-order valence-corrected chi connectivity index (χ4v) is 18.2. The first kappa shape index (κ1) is 63.4. The minimum Gasteiger partial charge on any atom is -0.381 e. The third-order valence-electron chi connectivity index (χ3n) is 20.8. The van der Waals surface area contributed by atoms with Crippen LogP contribution in [-0.4, -0.2) is 272 Å². The van der Waals surface area contributed by atoms with Gasteiger partial charge in [0.25, 0.3) is 0 Å². The number of rotatable bonds is 7. The molecule has 1 unspecified atom stereocenters. The Labute approximate surface area is 475 Å². The van der Waals surface area contributed by atoms with E-state index < -0.39 is 19.7 Å². The van der Waals surface area contributed by atoms with Crippen molar-refractivity contribution >= 4 is 19.7 Å². The van der Waals surface area contributed by atoms with E-state index in [1.165, 1.54) is 97.6 Å². The third kappa shape index (κ3) is 14.6. The Morgan fingerprint density at radius 1 is 0.333 bits per heavy atom. The molecular weight excluding hydrogens is 1030 g/mol. The number of ether oxygens (including phenoxy) is 5. The zero-order valence-electron chi connectivity index (χ0n) is 51.8. The van der Waals surface area contributed by atoms with Crippen LogP contribution in [-0.2, 0) is 43.4 Å². The molecule has 0 aromatic rings. The van der Waals surface area contributed by atoms with Gasteiger partial charge < -0.3 is 33.5 Å². The van der Waals surface area contributed by atoms with Gasteiger partial charge in [-0.25, -0.2) is 16.8 Å². The molecule has 0 N–H and O–H groups in total. The molecule has 78 heavy (non-hydrogen) atoms. The maximum Gasteiger partial charge on any atom is 0.158 e. The SMILES string of the molecule is CC(C)N1CC2(C1)CS(=O)(=O)C2.CC(C)N1CC2(CCO2)C1.CC(C)N1CC2(CCOC2)C1.CC(C)N1CC2(CCS2(=O)=O)C1.CC(C)N1CC2(COC2)C1.CC(C)N1CCC2(CCOC2)C1.CC(C)N1CCC2(COC2)C1. The largest absolute Gasteiger partial charge is 0.381 e. The highest BCUT2D eigenvalue weighted by molar-refractivity contribution is 7.94. The normalized spacial score (nSPS) is 31.6. The summed E-state index contributed by atoms with van der Waals surface area (Å²) in [6.07, 6.45) is 7.46. The van der Waals surface area contributed by atoms with Crippen LogP contribution in [0.25, 0.3) is 0 Å². The highest BCUT2D eigenvalue weighted by Gasteiger charge is 2.60. The van der Waals surface area contributed by atoms with Crippen LogP contribution < -0.4 is 0 Å². The van der Waals surface area contributed by atoms with Crippen LogP contribution >= 0.6 is 0 Å². The molecule has 0 aromatic heterocycles. The molecule has 18 heteroatoms. The molecule has 0 aromatic carbocycles. The Hall–Kier alpha value is -0.580. The van der Waals surface area contributed by atoms with Gasteiger partial charge in [-0.05, 0) is 142 Å². The van der Waals surface area contributed by atoms with Crippen molar-refractivity contribution in [1.82, 2.24) is 34.3 Å². The highest BCUT2D eigenvalue weighted by Crippen LogP contribution is 2.45. The van der Waals surface area contributed by atoms with E-state index in [2.05, 4.69) is 131 Å². The molecule has 14 saturated heterocycles. The van der Waals surface area contributed by atoms with E-state index >= 15 is 0 Å². The zero-order valence-corrected chi connectivity index (χ0v) is 53.4. The van der Waals surface area contributed by atoms with Crippen molar-refractivity contribution in [2.24, 2.45) is 27.1 Å². The molecular formula is C60H113N7O9S2. The molecule has 0 radical (unpaired) electrons. The van der Waals surface area contributed by atoms with E-state index in [9.17, 15) is 16.8 Å². The van der Waals surface area contributed by atoms with Crippen LogP contribution in [0.1, 0.15) is 135 Å². The quantitative estimate of drug-likeness (QED) is 0.307. The fraction of sp³-hybridized carbons (Fsp3) is 1.00. The number of sulfone groups is 2. The van der Waals surface area contributed by atoms with Gasteiger partial charge in [-0.3, -0.25) is 24.5 Å². The van der Waals surface area contributed by atoms with Crippen LogP contribution in [0.3, 0.4) is 0 Å². The van der Waals surface area contributed by atoms with Crippen molar-refractivity contribution in [1.29, 1.82) is 0 Å². The second kappa shape index (κ2) is 24.8. The van der Waals surface area contributed by atoms with Gasteiger partial charge in [-0.1, -0.05) is 0 Å². The van der Waals surface area contributed by atoms with E-state index in [1.807, 2.05) is 0 Å². The van der Waals surface area contributed by atoms with Gasteiger partial charge in [0.1, 0.15) is 0 Å². The molecule has 14 fully saturated rings. The summed E-state index contributed by atoms with van der Waals surface area (Å²) in [5.74, 6) is 1.28. The van der Waals surface area contributed by atoms with Crippen LogP contribution in [0, 0.1) is 27.1 Å². The number of nitrogens with zero attached hydrogens (tertiary/aromatic N) is 7. The summed E-state index contributed by atoms with van der Waals surface area (Å²) in [4.78, 5) is 17.2. The molecule has 14 rings (SSSR count). The molecule has 454 valence electrons. The van der Waals surface area contributed by atoms with Gasteiger partial charge in [-0.2, -0.15) is 0 Å².